The van der Waals surface area contributed by atoms with E-state index in [1.54, 1.807) is 13.2 Å². The van der Waals surface area contributed by atoms with E-state index in [2.05, 4.69) is 0 Å². The van der Waals surface area contributed by atoms with Crippen molar-refractivity contribution in [1.29, 1.82) is 0 Å². The number of hydrogen-bond donors (Lipinski definition) is 0. The Hall–Kier alpha value is -0.690. The van der Waals surface area contributed by atoms with Crippen LogP contribution in [0.5, 0.6) is 0 Å². The summed E-state index contributed by atoms with van der Waals surface area (Å²) in [6.07, 6.45) is 2.10. The number of rotatable bonds is 5. The average Bonchev–Trinajstić information content (AvgIpc) is 3.13. The summed E-state index contributed by atoms with van der Waals surface area (Å²) in [5, 5.41) is 0. The van der Waals surface area contributed by atoms with Gasteiger partial charge in [0.2, 0.25) is 0 Å². The second-order valence-electron chi connectivity index (χ2n) is 4.35. The molecule has 0 spiro atoms. The summed E-state index contributed by atoms with van der Waals surface area (Å²) >= 11 is 2.00. The molecule has 0 aliphatic heterocycles. The SMILES string of the molecule is COCCN(C(=O)c1ccc(F)cc1I)C1CC1. The van der Waals surface area contributed by atoms with Crippen LogP contribution in [-0.2, 0) is 4.74 Å². The Bertz CT molecular complexity index is 449. The number of carbonyl (C=O) groups is 1. The van der Waals surface area contributed by atoms with Crippen molar-refractivity contribution in [2.24, 2.45) is 0 Å². The molecular formula is C13H15FINO2. The van der Waals surface area contributed by atoms with Crippen molar-refractivity contribution in [3.8, 4) is 0 Å². The van der Waals surface area contributed by atoms with Crippen LogP contribution in [0.1, 0.15) is 23.2 Å². The van der Waals surface area contributed by atoms with E-state index in [4.69, 9.17) is 4.74 Å². The third-order valence-electron chi connectivity index (χ3n) is 2.95. The van der Waals surface area contributed by atoms with Crippen molar-refractivity contribution >= 4 is 28.5 Å². The van der Waals surface area contributed by atoms with Gasteiger partial charge in [-0.1, -0.05) is 0 Å². The van der Waals surface area contributed by atoms with Gasteiger partial charge in [0.05, 0.1) is 12.2 Å². The van der Waals surface area contributed by atoms with Crippen molar-refractivity contribution in [1.82, 2.24) is 4.90 Å². The smallest absolute Gasteiger partial charge is 0.255 e. The third kappa shape index (κ3) is 3.20. The second-order valence-corrected chi connectivity index (χ2v) is 5.51. The Morgan fingerprint density at radius 3 is 2.83 bits per heavy atom. The molecule has 1 aliphatic rings. The predicted molar refractivity (Wildman–Crippen MR) is 75.1 cm³/mol. The maximum atomic E-state index is 13.0. The minimum absolute atomic E-state index is 0.0287. The number of halogens is 2. The van der Waals surface area contributed by atoms with Crippen molar-refractivity contribution in [2.45, 2.75) is 18.9 Å². The first kappa shape index (κ1) is 13.7. The highest BCUT2D eigenvalue weighted by Crippen LogP contribution is 2.29. The summed E-state index contributed by atoms with van der Waals surface area (Å²) < 4.78 is 18.7. The van der Waals surface area contributed by atoms with Gasteiger partial charge in [0.25, 0.3) is 5.91 Å². The van der Waals surface area contributed by atoms with Crippen molar-refractivity contribution < 1.29 is 13.9 Å². The summed E-state index contributed by atoms with van der Waals surface area (Å²) in [6.45, 7) is 1.12. The first-order valence-corrected chi connectivity index (χ1v) is 6.96. The fourth-order valence-corrected chi connectivity index (χ4v) is 2.55. The van der Waals surface area contributed by atoms with Crippen LogP contribution in [0.3, 0.4) is 0 Å². The monoisotopic (exact) mass is 363 g/mol. The van der Waals surface area contributed by atoms with E-state index < -0.39 is 0 Å². The molecule has 0 aromatic heterocycles. The highest BCUT2D eigenvalue weighted by atomic mass is 127. The van der Waals surface area contributed by atoms with Crippen LogP contribution in [0.15, 0.2) is 18.2 Å². The molecule has 0 bridgehead atoms. The number of hydrogen-bond acceptors (Lipinski definition) is 2. The van der Waals surface area contributed by atoms with E-state index >= 15 is 0 Å². The molecule has 1 aromatic rings. The quantitative estimate of drug-likeness (QED) is 0.753. The molecule has 1 amide bonds. The highest BCUT2D eigenvalue weighted by Gasteiger charge is 2.33. The van der Waals surface area contributed by atoms with E-state index in [1.165, 1.54) is 12.1 Å². The van der Waals surface area contributed by atoms with Crippen molar-refractivity contribution in [2.75, 3.05) is 20.3 Å². The Morgan fingerprint density at radius 2 is 2.28 bits per heavy atom. The Kier molecular flexibility index (Phi) is 4.55. The molecule has 1 saturated carbocycles. The maximum Gasteiger partial charge on any atom is 0.255 e. The predicted octanol–water partition coefficient (Wildman–Crippen LogP) is 2.68. The fourth-order valence-electron chi connectivity index (χ4n) is 1.84. The zero-order valence-corrected chi connectivity index (χ0v) is 12.3. The zero-order chi connectivity index (χ0) is 13.1. The summed E-state index contributed by atoms with van der Waals surface area (Å²) in [7, 11) is 1.62. The molecule has 0 heterocycles. The van der Waals surface area contributed by atoms with Crippen LogP contribution >= 0.6 is 22.6 Å². The average molecular weight is 363 g/mol. The van der Waals surface area contributed by atoms with E-state index in [-0.39, 0.29) is 11.7 Å². The lowest BCUT2D eigenvalue weighted by atomic mass is 10.2. The van der Waals surface area contributed by atoms with Crippen LogP contribution in [0.2, 0.25) is 0 Å². The summed E-state index contributed by atoms with van der Waals surface area (Å²) in [6, 6.07) is 4.60. The van der Waals surface area contributed by atoms with Gasteiger partial charge in [-0.25, -0.2) is 4.39 Å². The van der Waals surface area contributed by atoms with Crippen LogP contribution < -0.4 is 0 Å². The van der Waals surface area contributed by atoms with Crippen molar-refractivity contribution in [3.63, 3.8) is 0 Å². The van der Waals surface area contributed by atoms with Crippen LogP contribution in [0.4, 0.5) is 4.39 Å². The van der Waals surface area contributed by atoms with Crippen LogP contribution in [0, 0.1) is 9.39 Å². The van der Waals surface area contributed by atoms with Crippen molar-refractivity contribution in [3.05, 3.63) is 33.1 Å². The molecule has 0 unspecified atom stereocenters. The first-order chi connectivity index (χ1) is 8.63. The first-order valence-electron chi connectivity index (χ1n) is 5.88. The largest absolute Gasteiger partial charge is 0.383 e. The molecule has 0 radical (unpaired) electrons. The van der Waals surface area contributed by atoms with E-state index in [0.29, 0.717) is 28.3 Å². The van der Waals surface area contributed by atoms with Gasteiger partial charge in [-0.15, -0.1) is 0 Å². The van der Waals surface area contributed by atoms with E-state index in [1.807, 2.05) is 27.5 Å². The fraction of sp³-hybridized carbons (Fsp3) is 0.462. The lowest BCUT2D eigenvalue weighted by Crippen LogP contribution is -2.36. The normalized spacial score (nSPS) is 14.6. The number of ether oxygens (including phenoxy) is 1. The number of methoxy groups -OCH3 is 1. The standard InChI is InChI=1S/C13H15FINO2/c1-18-7-6-16(10-3-4-10)13(17)11-5-2-9(14)8-12(11)15/h2,5,8,10H,3-4,6-7H2,1H3. The molecule has 2 rings (SSSR count). The van der Waals surface area contributed by atoms with Gasteiger partial charge in [0, 0.05) is 23.3 Å². The molecule has 1 aromatic carbocycles. The molecule has 1 fully saturated rings. The minimum atomic E-state index is -0.314. The Labute approximate surface area is 119 Å². The number of nitrogens with zero attached hydrogens (tertiary/aromatic N) is 1. The Morgan fingerprint density at radius 1 is 1.56 bits per heavy atom. The Balaban J connectivity index is 2.16. The van der Waals surface area contributed by atoms with Crippen LogP contribution in [-0.4, -0.2) is 37.1 Å². The minimum Gasteiger partial charge on any atom is -0.383 e. The van der Waals surface area contributed by atoms with Gasteiger partial charge in [-0.2, -0.15) is 0 Å². The molecule has 5 heteroatoms. The topological polar surface area (TPSA) is 29.5 Å². The maximum absolute atomic E-state index is 13.0. The number of carbonyl (C=O) groups excluding carboxylic acids is 1. The molecule has 1 aliphatic carbocycles. The van der Waals surface area contributed by atoms with Crippen LogP contribution in [0.25, 0.3) is 0 Å². The third-order valence-corrected chi connectivity index (χ3v) is 3.84. The summed E-state index contributed by atoms with van der Waals surface area (Å²) in [5.74, 6) is -0.343. The van der Waals surface area contributed by atoms with Gasteiger partial charge in [0.1, 0.15) is 5.82 Å². The lowest BCUT2D eigenvalue weighted by molar-refractivity contribution is 0.0679. The molecular weight excluding hydrogens is 348 g/mol. The summed E-state index contributed by atoms with van der Waals surface area (Å²) in [4.78, 5) is 14.2. The molecule has 18 heavy (non-hydrogen) atoms. The molecule has 98 valence electrons. The molecule has 0 N–H and O–H groups in total. The van der Waals surface area contributed by atoms with Gasteiger partial charge in [-0.05, 0) is 53.6 Å². The molecule has 0 saturated heterocycles. The zero-order valence-electron chi connectivity index (χ0n) is 10.2. The lowest BCUT2D eigenvalue weighted by Gasteiger charge is -2.22. The highest BCUT2D eigenvalue weighted by molar-refractivity contribution is 14.1. The van der Waals surface area contributed by atoms with Gasteiger partial charge < -0.3 is 9.64 Å². The van der Waals surface area contributed by atoms with E-state index in [9.17, 15) is 9.18 Å². The number of benzene rings is 1. The summed E-state index contributed by atoms with van der Waals surface area (Å²) in [5.41, 5.74) is 0.569. The van der Waals surface area contributed by atoms with Gasteiger partial charge in [-0.3, -0.25) is 4.79 Å². The second kappa shape index (κ2) is 5.97. The van der Waals surface area contributed by atoms with Gasteiger partial charge >= 0.3 is 0 Å². The number of amides is 1. The van der Waals surface area contributed by atoms with E-state index in [0.717, 1.165) is 12.8 Å². The van der Waals surface area contributed by atoms with Gasteiger partial charge in [0.15, 0.2) is 0 Å². The molecule has 0 atom stereocenters. The molecule has 3 nitrogen and oxygen atoms in total.